The van der Waals surface area contributed by atoms with Gasteiger partial charge >= 0.3 is 0 Å². The third-order valence-corrected chi connectivity index (χ3v) is 9.16. The fourth-order valence-corrected chi connectivity index (χ4v) is 6.79. The lowest BCUT2D eigenvalue weighted by atomic mass is 9.60. The molecule has 0 radical (unpaired) electrons. The summed E-state index contributed by atoms with van der Waals surface area (Å²) in [5.74, 6) is 0. The van der Waals surface area contributed by atoms with Gasteiger partial charge in [0.25, 0.3) is 5.65 Å². The average Bonchev–Trinajstić information content (AvgIpc) is 3.04. The monoisotopic (exact) mass is 431 g/mol. The zero-order valence-electron chi connectivity index (χ0n) is 21.7. The SMILES string of the molecule is C=CC1(CC)[n+]2c(C)c(C)n3cc(C(C)(C)CCCCC)c4cccc(c4c32)C1(C)CC. The Labute approximate surface area is 195 Å². The van der Waals surface area contributed by atoms with Gasteiger partial charge in [0.1, 0.15) is 23.1 Å². The first-order valence-corrected chi connectivity index (χ1v) is 12.8. The zero-order chi connectivity index (χ0) is 23.5. The molecule has 0 saturated heterocycles. The highest BCUT2D eigenvalue weighted by atomic mass is 15.2. The van der Waals surface area contributed by atoms with E-state index in [-0.39, 0.29) is 16.4 Å². The molecule has 0 saturated carbocycles. The topological polar surface area (TPSA) is 8.29 Å². The summed E-state index contributed by atoms with van der Waals surface area (Å²) in [6.45, 7) is 23.3. The molecule has 2 unspecified atom stereocenters. The zero-order valence-corrected chi connectivity index (χ0v) is 21.7. The number of imidazole rings is 1. The van der Waals surface area contributed by atoms with E-state index in [9.17, 15) is 0 Å². The predicted octanol–water partition coefficient (Wildman–Crippen LogP) is 7.83. The van der Waals surface area contributed by atoms with Gasteiger partial charge in [0, 0.05) is 24.8 Å². The Morgan fingerprint density at radius 2 is 1.81 bits per heavy atom. The summed E-state index contributed by atoms with van der Waals surface area (Å²) in [7, 11) is 0. The quantitative estimate of drug-likeness (QED) is 0.195. The van der Waals surface area contributed by atoms with Crippen LogP contribution in [0, 0.1) is 13.8 Å². The first kappa shape index (κ1) is 23.1. The highest BCUT2D eigenvalue weighted by Crippen LogP contribution is 2.51. The van der Waals surface area contributed by atoms with Crippen LogP contribution >= 0.6 is 0 Å². The minimum absolute atomic E-state index is 0.00923. The maximum atomic E-state index is 4.41. The molecule has 0 N–H and O–H groups in total. The van der Waals surface area contributed by atoms with E-state index in [1.165, 1.54) is 64.6 Å². The summed E-state index contributed by atoms with van der Waals surface area (Å²) >= 11 is 0. The molecule has 2 nitrogen and oxygen atoms in total. The molecular formula is C30H43N2+. The largest absolute Gasteiger partial charge is 0.295 e. The maximum absolute atomic E-state index is 4.41. The molecular weight excluding hydrogens is 388 g/mol. The van der Waals surface area contributed by atoms with Crippen LogP contribution in [0.4, 0.5) is 0 Å². The summed E-state index contributed by atoms with van der Waals surface area (Å²) in [6, 6.07) is 7.07. The lowest BCUT2D eigenvalue weighted by Crippen LogP contribution is -2.67. The van der Waals surface area contributed by atoms with Gasteiger partial charge in [0.15, 0.2) is 0 Å². The highest BCUT2D eigenvalue weighted by molar-refractivity contribution is 5.99. The van der Waals surface area contributed by atoms with Gasteiger partial charge in [-0.05, 0) is 41.7 Å². The molecule has 172 valence electrons. The molecule has 1 aliphatic rings. The molecule has 0 bridgehead atoms. The molecule has 0 fully saturated rings. The van der Waals surface area contributed by atoms with Crippen LogP contribution in [0.25, 0.3) is 16.4 Å². The van der Waals surface area contributed by atoms with Crippen LogP contribution in [-0.4, -0.2) is 4.40 Å². The van der Waals surface area contributed by atoms with E-state index in [0.717, 1.165) is 12.8 Å². The fourth-order valence-electron chi connectivity index (χ4n) is 6.79. The van der Waals surface area contributed by atoms with Gasteiger partial charge in [0.05, 0.1) is 5.39 Å². The standard InChI is InChI=1S/C30H43N2/c1-10-14-15-19-28(7,8)25-20-31-21(5)22(6)32-27(31)26-23(25)17-16-18-24(26)29(9,11-2)30(32,12-3)13-4/h12,16-18,20H,3,10-11,13-15,19H2,1-2,4-9H3/q+1. The molecule has 2 atom stereocenters. The summed E-state index contributed by atoms with van der Waals surface area (Å²) in [6.07, 6.45) is 11.9. The Kier molecular flexibility index (Phi) is 5.59. The second kappa shape index (κ2) is 7.75. The van der Waals surface area contributed by atoms with E-state index in [1.807, 2.05) is 0 Å². The smallest absolute Gasteiger partial charge is 0.217 e. The van der Waals surface area contributed by atoms with Crippen molar-refractivity contribution < 1.29 is 4.57 Å². The second-order valence-electron chi connectivity index (χ2n) is 11.0. The highest BCUT2D eigenvalue weighted by Gasteiger charge is 2.56. The number of hydrogen-bond donors (Lipinski definition) is 0. The van der Waals surface area contributed by atoms with Gasteiger partial charge in [-0.2, -0.15) is 4.40 Å². The molecule has 3 aromatic rings. The van der Waals surface area contributed by atoms with Crippen molar-refractivity contribution in [2.45, 2.75) is 110 Å². The van der Waals surface area contributed by atoms with Crippen molar-refractivity contribution in [3.8, 4) is 0 Å². The minimum Gasteiger partial charge on any atom is -0.217 e. The van der Waals surface area contributed by atoms with Crippen LogP contribution in [0.2, 0.25) is 0 Å². The van der Waals surface area contributed by atoms with Crippen molar-refractivity contribution in [1.82, 2.24) is 4.40 Å². The van der Waals surface area contributed by atoms with Crippen molar-refractivity contribution in [2.24, 2.45) is 0 Å². The molecule has 2 heteroatoms. The van der Waals surface area contributed by atoms with Gasteiger partial charge in [-0.15, -0.1) is 0 Å². The molecule has 0 amide bonds. The first-order valence-electron chi connectivity index (χ1n) is 12.8. The number of nitrogens with zero attached hydrogens (tertiary/aromatic N) is 2. The molecule has 2 aromatic heterocycles. The van der Waals surface area contributed by atoms with Crippen LogP contribution in [0.15, 0.2) is 37.1 Å². The van der Waals surface area contributed by atoms with Crippen molar-refractivity contribution in [2.75, 3.05) is 0 Å². The molecule has 3 heterocycles. The fraction of sp³-hybridized carbons (Fsp3) is 0.567. The Balaban J connectivity index is 2.20. The summed E-state index contributed by atoms with van der Waals surface area (Å²) in [5.41, 5.74) is 7.04. The predicted molar refractivity (Wildman–Crippen MR) is 138 cm³/mol. The van der Waals surface area contributed by atoms with Gasteiger partial charge in [-0.3, -0.25) is 0 Å². The Morgan fingerprint density at radius 3 is 2.41 bits per heavy atom. The number of benzene rings is 1. The summed E-state index contributed by atoms with van der Waals surface area (Å²) in [4.78, 5) is 0. The van der Waals surface area contributed by atoms with Gasteiger partial charge < -0.3 is 0 Å². The number of rotatable bonds is 8. The lowest BCUT2D eigenvalue weighted by Gasteiger charge is -2.47. The average molecular weight is 432 g/mol. The van der Waals surface area contributed by atoms with Crippen LogP contribution < -0.4 is 4.57 Å². The Hall–Kier alpha value is -2.09. The van der Waals surface area contributed by atoms with Crippen molar-refractivity contribution in [3.63, 3.8) is 0 Å². The number of allylic oxidation sites excluding steroid dienone is 1. The Morgan fingerprint density at radius 1 is 1.09 bits per heavy atom. The van der Waals surface area contributed by atoms with Crippen molar-refractivity contribution in [3.05, 3.63) is 59.6 Å². The van der Waals surface area contributed by atoms with E-state index in [1.54, 1.807) is 0 Å². The third-order valence-electron chi connectivity index (χ3n) is 9.16. The van der Waals surface area contributed by atoms with E-state index < -0.39 is 0 Å². The number of hydrogen-bond acceptors (Lipinski definition) is 0. The number of aryl methyl sites for hydroxylation is 1. The molecule has 4 rings (SSSR count). The molecule has 0 spiro atoms. The molecule has 0 aliphatic carbocycles. The van der Waals surface area contributed by atoms with Crippen molar-refractivity contribution >= 4 is 16.4 Å². The van der Waals surface area contributed by atoms with Crippen LogP contribution in [0.3, 0.4) is 0 Å². The minimum atomic E-state index is -0.134. The van der Waals surface area contributed by atoms with Crippen LogP contribution in [-0.2, 0) is 16.4 Å². The van der Waals surface area contributed by atoms with E-state index in [2.05, 4.69) is 101 Å². The number of unbranched alkanes of at least 4 members (excludes halogenated alkanes) is 2. The van der Waals surface area contributed by atoms with E-state index >= 15 is 0 Å². The molecule has 32 heavy (non-hydrogen) atoms. The Bertz CT molecular complexity index is 1190. The lowest BCUT2D eigenvalue weighted by molar-refractivity contribution is -0.746. The summed E-state index contributed by atoms with van der Waals surface area (Å²) < 4.78 is 5.14. The van der Waals surface area contributed by atoms with Crippen LogP contribution in [0.1, 0.15) is 103 Å². The normalized spacial score (nSPS) is 22.9. The molecule has 1 aromatic carbocycles. The summed E-state index contributed by atoms with van der Waals surface area (Å²) in [5, 5.41) is 2.90. The number of aromatic nitrogens is 2. The first-order chi connectivity index (χ1) is 15.1. The molecule has 1 aliphatic heterocycles. The van der Waals surface area contributed by atoms with E-state index in [4.69, 9.17) is 0 Å². The third kappa shape index (κ3) is 2.74. The van der Waals surface area contributed by atoms with Gasteiger partial charge in [0.2, 0.25) is 0 Å². The second-order valence-corrected chi connectivity index (χ2v) is 11.0. The maximum Gasteiger partial charge on any atom is 0.295 e. The van der Waals surface area contributed by atoms with Crippen molar-refractivity contribution in [1.29, 1.82) is 0 Å². The van der Waals surface area contributed by atoms with Gasteiger partial charge in [-0.1, -0.05) is 85.6 Å². The number of pyridine rings is 1. The van der Waals surface area contributed by atoms with Crippen LogP contribution in [0.5, 0.6) is 0 Å². The van der Waals surface area contributed by atoms with E-state index in [0.29, 0.717) is 0 Å². The van der Waals surface area contributed by atoms with Gasteiger partial charge in [-0.25, -0.2) is 4.57 Å².